The van der Waals surface area contributed by atoms with Gasteiger partial charge in [0.15, 0.2) is 5.84 Å². The van der Waals surface area contributed by atoms with Crippen molar-refractivity contribution in [3.05, 3.63) is 70.7 Å². The van der Waals surface area contributed by atoms with Gasteiger partial charge in [-0.05, 0) is 49.9 Å². The zero-order chi connectivity index (χ0) is 28.3. The third kappa shape index (κ3) is 5.96. The molecule has 0 bridgehead atoms. The van der Waals surface area contributed by atoms with E-state index in [9.17, 15) is 22.4 Å². The highest BCUT2D eigenvalue weighted by atomic mass is 19.4. The van der Waals surface area contributed by atoms with Crippen molar-refractivity contribution in [1.82, 2.24) is 10.6 Å². The molecule has 0 spiro atoms. The first-order chi connectivity index (χ1) is 19.3. The Labute approximate surface area is 227 Å². The van der Waals surface area contributed by atoms with Crippen LogP contribution < -0.4 is 10.4 Å². The van der Waals surface area contributed by atoms with Crippen LogP contribution in [0.4, 0.5) is 23.2 Å². The minimum Gasteiger partial charge on any atom is -0.373 e. The van der Waals surface area contributed by atoms with Gasteiger partial charge in [-0.3, -0.25) is 9.79 Å². The predicted octanol–water partition coefficient (Wildman–Crippen LogP) is 5.62. The van der Waals surface area contributed by atoms with Crippen molar-refractivity contribution in [3.8, 4) is 11.3 Å². The number of carbonyl (C=O) groups excluding carboxylic acids is 1. The number of halogens is 4. The van der Waals surface area contributed by atoms with E-state index in [0.717, 1.165) is 18.9 Å². The number of nitrogens with zero attached hydrogens (tertiary/aromatic N) is 3. The number of hydroxylamine groups is 1. The average Bonchev–Trinajstić information content (AvgIpc) is 3.71. The number of aromatic nitrogens is 1. The molecule has 0 unspecified atom stereocenters. The zero-order valence-corrected chi connectivity index (χ0v) is 21.7. The van der Waals surface area contributed by atoms with Crippen molar-refractivity contribution in [3.63, 3.8) is 0 Å². The molecule has 5 rings (SSSR count). The van der Waals surface area contributed by atoms with Gasteiger partial charge in [-0.25, -0.2) is 9.87 Å². The van der Waals surface area contributed by atoms with E-state index in [2.05, 4.69) is 20.5 Å². The molecule has 3 aromatic rings. The zero-order valence-electron chi connectivity index (χ0n) is 21.7. The van der Waals surface area contributed by atoms with Crippen LogP contribution in [-0.2, 0) is 27.2 Å². The summed E-state index contributed by atoms with van der Waals surface area (Å²) in [6.07, 6.45) is -1.67. The molecule has 1 aliphatic carbocycles. The molecule has 0 atom stereocenters. The van der Waals surface area contributed by atoms with E-state index in [1.807, 2.05) is 4.90 Å². The number of aliphatic imine (C=N–C) groups is 1. The number of hydrogen-bond donors (Lipinski definition) is 1. The number of nitrogens with one attached hydrogen (secondary N) is 1. The first-order valence-corrected chi connectivity index (χ1v) is 12.9. The van der Waals surface area contributed by atoms with E-state index in [1.54, 1.807) is 18.2 Å². The molecule has 0 amide bonds. The number of alkyl halides is 3. The molecule has 2 fully saturated rings. The molecule has 1 aliphatic heterocycles. The summed E-state index contributed by atoms with van der Waals surface area (Å²) in [6.45, 7) is 1.36. The largest absolute Gasteiger partial charge is 0.417 e. The maximum atomic E-state index is 15.0. The second kappa shape index (κ2) is 11.7. The number of carbonyl (C=O) groups is 1. The van der Waals surface area contributed by atoms with Crippen LogP contribution in [0.25, 0.3) is 11.3 Å². The molecule has 2 aliphatic rings. The number of piperidine rings is 1. The Bertz CT molecular complexity index is 1380. The lowest BCUT2D eigenvalue weighted by Gasteiger charge is -2.33. The van der Waals surface area contributed by atoms with Crippen molar-refractivity contribution in [2.75, 3.05) is 25.0 Å². The Morgan fingerprint density at radius 2 is 1.93 bits per heavy atom. The molecular formula is C28H28F4N4O4. The molecule has 1 N–H and O–H groups in total. The normalized spacial score (nSPS) is 16.7. The Balaban J connectivity index is 1.25. The molecule has 8 nitrogen and oxygen atoms in total. The monoisotopic (exact) mass is 560 g/mol. The SMILES string of the molecule is CN=C(NOC=O)c1ccc(N2CCC(OCc3c(-c4ccccc4C(F)(F)F)noc3C3CC3)CC2)c(F)c1. The van der Waals surface area contributed by atoms with Crippen LogP contribution in [0, 0.1) is 5.82 Å². The standard InChI is InChI=1S/C28H28F4N4O4/c1-33-27(35-39-16-37)18-8-9-24(23(29)14-18)36-12-10-19(11-13-36)38-15-21-25(34-40-26(21)17-6-7-17)20-4-2-3-5-22(20)28(30,31)32/h2-5,8-9,14,16-17,19H,6-7,10-13,15H2,1H3,(H,33,35). The number of benzene rings is 2. The molecular weight excluding hydrogens is 532 g/mol. The minimum absolute atomic E-state index is 0.0258. The van der Waals surface area contributed by atoms with E-state index < -0.39 is 17.6 Å². The Kier molecular flexibility index (Phi) is 8.06. The smallest absolute Gasteiger partial charge is 0.373 e. The van der Waals surface area contributed by atoms with Crippen LogP contribution in [0.2, 0.25) is 0 Å². The molecule has 1 saturated carbocycles. The quantitative estimate of drug-likeness (QED) is 0.120. The summed E-state index contributed by atoms with van der Waals surface area (Å²) in [4.78, 5) is 20.8. The highest BCUT2D eigenvalue weighted by Gasteiger charge is 2.38. The molecule has 40 heavy (non-hydrogen) atoms. The fraction of sp³-hybridized carbons (Fsp3) is 0.393. The maximum absolute atomic E-state index is 15.0. The third-order valence-electron chi connectivity index (χ3n) is 7.15. The summed E-state index contributed by atoms with van der Waals surface area (Å²) in [5.41, 5.74) is 3.13. The summed E-state index contributed by atoms with van der Waals surface area (Å²) in [5, 5.41) is 4.05. The van der Waals surface area contributed by atoms with Gasteiger partial charge in [0, 0.05) is 42.7 Å². The maximum Gasteiger partial charge on any atom is 0.417 e. The molecule has 1 saturated heterocycles. The van der Waals surface area contributed by atoms with Crippen LogP contribution in [0.3, 0.4) is 0 Å². The summed E-state index contributed by atoms with van der Waals surface area (Å²) < 4.78 is 67.8. The van der Waals surface area contributed by atoms with Crippen LogP contribution in [0.5, 0.6) is 0 Å². The van der Waals surface area contributed by atoms with Gasteiger partial charge >= 0.3 is 12.6 Å². The van der Waals surface area contributed by atoms with Crippen LogP contribution in [-0.4, -0.2) is 43.7 Å². The summed E-state index contributed by atoms with van der Waals surface area (Å²) in [5.74, 6) is 0.498. The van der Waals surface area contributed by atoms with Crippen LogP contribution >= 0.6 is 0 Å². The molecule has 2 aromatic carbocycles. The number of amidine groups is 1. The molecule has 0 radical (unpaired) electrons. The summed E-state index contributed by atoms with van der Waals surface area (Å²) in [7, 11) is 1.48. The first kappa shape index (κ1) is 27.6. The minimum atomic E-state index is -4.53. The topological polar surface area (TPSA) is 89.2 Å². The lowest BCUT2D eigenvalue weighted by atomic mass is 9.99. The Morgan fingerprint density at radius 3 is 2.58 bits per heavy atom. The average molecular weight is 561 g/mol. The van der Waals surface area contributed by atoms with Crippen molar-refractivity contribution >= 4 is 18.0 Å². The Hall–Kier alpha value is -3.93. The molecule has 12 heteroatoms. The second-order valence-corrected chi connectivity index (χ2v) is 9.74. The summed E-state index contributed by atoms with van der Waals surface area (Å²) in [6, 6.07) is 9.97. The fourth-order valence-electron chi connectivity index (χ4n) is 4.96. The Morgan fingerprint density at radius 1 is 1.18 bits per heavy atom. The third-order valence-corrected chi connectivity index (χ3v) is 7.15. The van der Waals surface area contributed by atoms with Crippen LogP contribution in [0.1, 0.15) is 54.1 Å². The predicted molar refractivity (Wildman–Crippen MR) is 138 cm³/mol. The van der Waals surface area contributed by atoms with E-state index in [0.29, 0.717) is 48.5 Å². The van der Waals surface area contributed by atoms with Gasteiger partial charge in [-0.1, -0.05) is 23.4 Å². The molecule has 1 aromatic heterocycles. The van der Waals surface area contributed by atoms with Crippen molar-refractivity contribution in [1.29, 1.82) is 0 Å². The number of ether oxygens (including phenoxy) is 1. The first-order valence-electron chi connectivity index (χ1n) is 12.9. The van der Waals surface area contributed by atoms with Gasteiger partial charge in [0.2, 0.25) is 0 Å². The van der Waals surface area contributed by atoms with Crippen LogP contribution in [0.15, 0.2) is 52.0 Å². The van der Waals surface area contributed by atoms with E-state index in [1.165, 1.54) is 25.2 Å². The molecule has 212 valence electrons. The lowest BCUT2D eigenvalue weighted by molar-refractivity contribution is -0.137. The van der Waals surface area contributed by atoms with Gasteiger partial charge in [0.05, 0.1) is 24.0 Å². The second-order valence-electron chi connectivity index (χ2n) is 9.74. The lowest BCUT2D eigenvalue weighted by Crippen LogP contribution is -2.37. The van der Waals surface area contributed by atoms with Gasteiger partial charge in [0.25, 0.3) is 0 Å². The number of hydrogen-bond acceptors (Lipinski definition) is 7. The van der Waals surface area contributed by atoms with Gasteiger partial charge in [0.1, 0.15) is 17.3 Å². The van der Waals surface area contributed by atoms with Crippen molar-refractivity contribution < 1.29 is 36.5 Å². The van der Waals surface area contributed by atoms with E-state index in [4.69, 9.17) is 9.26 Å². The van der Waals surface area contributed by atoms with E-state index in [-0.39, 0.29) is 42.2 Å². The number of anilines is 1. The fourth-order valence-corrected chi connectivity index (χ4v) is 4.96. The van der Waals surface area contributed by atoms with Gasteiger partial charge in [-0.2, -0.15) is 13.2 Å². The number of rotatable bonds is 9. The van der Waals surface area contributed by atoms with Gasteiger partial charge < -0.3 is 19.0 Å². The van der Waals surface area contributed by atoms with Crippen molar-refractivity contribution in [2.24, 2.45) is 4.99 Å². The van der Waals surface area contributed by atoms with E-state index >= 15 is 0 Å². The molecule has 2 heterocycles. The highest BCUT2D eigenvalue weighted by Crippen LogP contribution is 2.46. The van der Waals surface area contributed by atoms with Crippen molar-refractivity contribution in [2.45, 2.75) is 50.5 Å². The highest BCUT2D eigenvalue weighted by molar-refractivity contribution is 5.98. The van der Waals surface area contributed by atoms with Gasteiger partial charge in [-0.15, -0.1) is 0 Å². The summed E-state index contributed by atoms with van der Waals surface area (Å²) >= 11 is 0.